The highest BCUT2D eigenvalue weighted by Crippen LogP contribution is 2.49. The van der Waals surface area contributed by atoms with Gasteiger partial charge in [-0.1, -0.05) is 30.3 Å². The van der Waals surface area contributed by atoms with Crippen molar-refractivity contribution >= 4 is 5.91 Å². The summed E-state index contributed by atoms with van der Waals surface area (Å²) in [7, 11) is 3.28. The van der Waals surface area contributed by atoms with Crippen molar-refractivity contribution < 1.29 is 14.6 Å². The summed E-state index contributed by atoms with van der Waals surface area (Å²) in [5.41, 5.74) is 0.719. The van der Waals surface area contributed by atoms with Crippen molar-refractivity contribution in [3.8, 4) is 0 Å². The van der Waals surface area contributed by atoms with Crippen LogP contribution in [0.5, 0.6) is 0 Å². The van der Waals surface area contributed by atoms with Crippen LogP contribution < -0.4 is 0 Å². The highest BCUT2D eigenvalue weighted by atomic mass is 16.5. The second kappa shape index (κ2) is 5.72. The first kappa shape index (κ1) is 14.0. The number of hydrogen-bond acceptors (Lipinski definition) is 3. The summed E-state index contributed by atoms with van der Waals surface area (Å²) in [6, 6.07) is 9.88. The minimum Gasteiger partial charge on any atom is -0.389 e. The van der Waals surface area contributed by atoms with E-state index in [2.05, 4.69) is 0 Å². The van der Waals surface area contributed by atoms with Crippen LogP contribution in [0.15, 0.2) is 30.3 Å². The molecule has 1 N–H and O–H groups in total. The van der Waals surface area contributed by atoms with Crippen LogP contribution in [-0.4, -0.2) is 49.3 Å². The Balaban J connectivity index is 2.03. The Hall–Kier alpha value is -1.39. The molecule has 1 unspecified atom stereocenters. The molecule has 4 heteroatoms. The summed E-state index contributed by atoms with van der Waals surface area (Å²) in [4.78, 5) is 14.2. The predicted molar refractivity (Wildman–Crippen MR) is 72.9 cm³/mol. The molecule has 104 valence electrons. The summed E-state index contributed by atoms with van der Waals surface area (Å²) >= 11 is 0. The van der Waals surface area contributed by atoms with Crippen LogP contribution in [0.4, 0.5) is 0 Å². The van der Waals surface area contributed by atoms with Gasteiger partial charge in [-0.3, -0.25) is 4.79 Å². The van der Waals surface area contributed by atoms with Gasteiger partial charge in [0, 0.05) is 20.7 Å². The predicted octanol–water partition coefficient (Wildman–Crippen LogP) is 1.18. The molecule has 0 aliphatic heterocycles. The van der Waals surface area contributed by atoms with Crippen LogP contribution in [0.3, 0.4) is 0 Å². The van der Waals surface area contributed by atoms with Crippen molar-refractivity contribution in [1.29, 1.82) is 0 Å². The fourth-order valence-corrected chi connectivity index (χ4v) is 2.52. The monoisotopic (exact) mass is 263 g/mol. The summed E-state index contributed by atoms with van der Waals surface area (Å²) in [5, 5.41) is 9.71. The molecule has 1 atom stereocenters. The molecule has 1 fully saturated rings. The molecule has 0 aromatic heterocycles. The number of aliphatic hydroxyl groups is 1. The van der Waals surface area contributed by atoms with Gasteiger partial charge in [0.1, 0.15) is 0 Å². The van der Waals surface area contributed by atoms with E-state index >= 15 is 0 Å². The van der Waals surface area contributed by atoms with E-state index in [0.717, 1.165) is 18.4 Å². The van der Waals surface area contributed by atoms with Gasteiger partial charge in [0.25, 0.3) is 0 Å². The van der Waals surface area contributed by atoms with E-state index < -0.39 is 6.10 Å². The number of methoxy groups -OCH3 is 1. The van der Waals surface area contributed by atoms with E-state index in [0.29, 0.717) is 6.54 Å². The number of aliphatic hydroxyl groups excluding tert-OH is 1. The minimum atomic E-state index is -0.634. The zero-order valence-corrected chi connectivity index (χ0v) is 11.5. The lowest BCUT2D eigenvalue weighted by Gasteiger charge is -2.25. The van der Waals surface area contributed by atoms with Gasteiger partial charge in [-0.2, -0.15) is 0 Å². The van der Waals surface area contributed by atoms with Crippen LogP contribution >= 0.6 is 0 Å². The molecular formula is C15H21NO3. The minimum absolute atomic E-state index is 0.0915. The number of rotatable bonds is 6. The second-order valence-corrected chi connectivity index (χ2v) is 5.24. The number of ether oxygens (including phenoxy) is 1. The number of carbonyl (C=O) groups is 1. The molecule has 0 heterocycles. The average Bonchev–Trinajstić information content (AvgIpc) is 3.20. The molecule has 1 saturated carbocycles. The van der Waals surface area contributed by atoms with Crippen LogP contribution in [0.1, 0.15) is 18.4 Å². The highest BCUT2D eigenvalue weighted by molar-refractivity contribution is 5.91. The smallest absolute Gasteiger partial charge is 0.233 e. The SMILES string of the molecule is COCC(O)CN(C)C(=O)C1(c2ccccc2)CC1. The maximum absolute atomic E-state index is 12.5. The van der Waals surface area contributed by atoms with Crippen LogP contribution in [-0.2, 0) is 14.9 Å². The summed E-state index contributed by atoms with van der Waals surface area (Å²) in [6.07, 6.45) is 1.15. The Morgan fingerprint density at radius 1 is 1.42 bits per heavy atom. The average molecular weight is 263 g/mol. The van der Waals surface area contributed by atoms with Gasteiger partial charge in [-0.05, 0) is 18.4 Å². The normalized spacial score (nSPS) is 17.8. The fraction of sp³-hybridized carbons (Fsp3) is 0.533. The molecule has 2 rings (SSSR count). The van der Waals surface area contributed by atoms with Crippen molar-refractivity contribution in [1.82, 2.24) is 4.90 Å². The third kappa shape index (κ3) is 2.96. The quantitative estimate of drug-likeness (QED) is 0.838. The van der Waals surface area contributed by atoms with E-state index in [-0.39, 0.29) is 17.9 Å². The Kier molecular flexibility index (Phi) is 4.22. The summed E-state index contributed by atoms with van der Waals surface area (Å²) < 4.78 is 4.88. The van der Waals surface area contributed by atoms with Gasteiger partial charge in [-0.15, -0.1) is 0 Å². The van der Waals surface area contributed by atoms with Gasteiger partial charge in [0.05, 0.1) is 18.1 Å². The second-order valence-electron chi connectivity index (χ2n) is 5.24. The first-order chi connectivity index (χ1) is 9.10. The highest BCUT2D eigenvalue weighted by Gasteiger charge is 2.52. The van der Waals surface area contributed by atoms with Gasteiger partial charge >= 0.3 is 0 Å². The number of benzene rings is 1. The number of hydrogen-bond donors (Lipinski definition) is 1. The van der Waals surface area contributed by atoms with E-state index in [1.807, 2.05) is 30.3 Å². The molecule has 0 spiro atoms. The maximum atomic E-state index is 12.5. The molecule has 0 saturated heterocycles. The van der Waals surface area contributed by atoms with E-state index in [4.69, 9.17) is 4.74 Å². The first-order valence-corrected chi connectivity index (χ1v) is 6.58. The number of amides is 1. The summed E-state index contributed by atoms with van der Waals surface area (Å²) in [6.45, 7) is 0.553. The van der Waals surface area contributed by atoms with E-state index in [1.165, 1.54) is 7.11 Å². The number of carbonyl (C=O) groups excluding carboxylic acids is 1. The van der Waals surface area contributed by atoms with Crippen molar-refractivity contribution in [3.63, 3.8) is 0 Å². The van der Waals surface area contributed by atoms with Crippen molar-refractivity contribution in [2.75, 3.05) is 27.3 Å². The van der Waals surface area contributed by atoms with Gasteiger partial charge in [0.2, 0.25) is 5.91 Å². The molecule has 1 aliphatic carbocycles. The third-order valence-electron chi connectivity index (χ3n) is 3.68. The lowest BCUT2D eigenvalue weighted by atomic mass is 9.94. The lowest BCUT2D eigenvalue weighted by molar-refractivity contribution is -0.134. The maximum Gasteiger partial charge on any atom is 0.233 e. The summed E-state index contributed by atoms with van der Waals surface area (Å²) in [5.74, 6) is 0.0915. The zero-order chi connectivity index (χ0) is 13.9. The van der Waals surface area contributed by atoms with Gasteiger partial charge < -0.3 is 14.7 Å². The zero-order valence-electron chi connectivity index (χ0n) is 11.5. The Morgan fingerprint density at radius 3 is 2.58 bits per heavy atom. The largest absolute Gasteiger partial charge is 0.389 e. The van der Waals surface area contributed by atoms with Crippen molar-refractivity contribution in [3.05, 3.63) is 35.9 Å². The molecular weight excluding hydrogens is 242 g/mol. The molecule has 0 radical (unpaired) electrons. The van der Waals surface area contributed by atoms with E-state index in [1.54, 1.807) is 11.9 Å². The number of likely N-dealkylation sites (N-methyl/N-ethyl adjacent to an activating group) is 1. The fourth-order valence-electron chi connectivity index (χ4n) is 2.52. The molecule has 4 nitrogen and oxygen atoms in total. The Morgan fingerprint density at radius 2 is 2.05 bits per heavy atom. The Bertz CT molecular complexity index is 428. The Labute approximate surface area is 114 Å². The van der Waals surface area contributed by atoms with Crippen LogP contribution in [0.2, 0.25) is 0 Å². The molecule has 1 aliphatic rings. The first-order valence-electron chi connectivity index (χ1n) is 6.58. The van der Waals surface area contributed by atoms with Crippen molar-refractivity contribution in [2.24, 2.45) is 0 Å². The molecule has 1 aromatic carbocycles. The molecule has 19 heavy (non-hydrogen) atoms. The van der Waals surface area contributed by atoms with E-state index in [9.17, 15) is 9.90 Å². The topological polar surface area (TPSA) is 49.8 Å². The van der Waals surface area contributed by atoms with Crippen LogP contribution in [0.25, 0.3) is 0 Å². The van der Waals surface area contributed by atoms with Gasteiger partial charge in [-0.25, -0.2) is 0 Å². The van der Waals surface area contributed by atoms with Gasteiger partial charge in [0.15, 0.2) is 0 Å². The standard InChI is InChI=1S/C15H21NO3/c1-16(10-13(17)11-19-2)14(18)15(8-9-15)12-6-4-3-5-7-12/h3-7,13,17H,8-11H2,1-2H3. The van der Waals surface area contributed by atoms with Crippen LogP contribution in [0, 0.1) is 0 Å². The molecule has 1 amide bonds. The number of nitrogens with zero attached hydrogens (tertiary/aromatic N) is 1. The third-order valence-corrected chi connectivity index (χ3v) is 3.68. The lowest BCUT2D eigenvalue weighted by Crippen LogP contribution is -2.41. The van der Waals surface area contributed by atoms with Crippen molar-refractivity contribution in [2.45, 2.75) is 24.4 Å². The molecule has 0 bridgehead atoms. The molecule has 1 aromatic rings.